The van der Waals surface area contributed by atoms with E-state index in [4.69, 9.17) is 4.74 Å². The molecule has 0 aliphatic heterocycles. The Bertz CT molecular complexity index is 658. The second-order valence-electron chi connectivity index (χ2n) is 5.11. The fourth-order valence-electron chi connectivity index (χ4n) is 2.08. The predicted octanol–water partition coefficient (Wildman–Crippen LogP) is 2.88. The van der Waals surface area contributed by atoms with Gasteiger partial charge in [0, 0.05) is 19.2 Å². The number of hydrogen-bond acceptors (Lipinski definition) is 2. The topological polar surface area (TPSA) is 45.7 Å². The van der Waals surface area contributed by atoms with Crippen LogP contribution in [0.3, 0.4) is 0 Å². The largest absolute Gasteiger partial charge is 0.492 e. The fraction of sp³-hybridized carbons (Fsp3) is 0.278. The summed E-state index contributed by atoms with van der Waals surface area (Å²) in [6, 6.07) is 14.6. The standard InChI is InChI=1S/C18H22FN3O/c1-14-6-5-8-16(12-14)23-11-10-21-18(20-2)22-13-15-7-3-4-9-17(15)19/h3-9,12H,10-11,13H2,1-2H3,(H2,20,21,22). The molecule has 23 heavy (non-hydrogen) atoms. The lowest BCUT2D eigenvalue weighted by molar-refractivity contribution is 0.321. The van der Waals surface area contributed by atoms with Crippen molar-refractivity contribution in [3.8, 4) is 5.75 Å². The summed E-state index contributed by atoms with van der Waals surface area (Å²) >= 11 is 0. The van der Waals surface area contributed by atoms with Gasteiger partial charge in [-0.05, 0) is 30.7 Å². The van der Waals surface area contributed by atoms with E-state index in [0.29, 0.717) is 31.2 Å². The highest BCUT2D eigenvalue weighted by molar-refractivity contribution is 5.79. The fourth-order valence-corrected chi connectivity index (χ4v) is 2.08. The molecular weight excluding hydrogens is 293 g/mol. The van der Waals surface area contributed by atoms with Gasteiger partial charge in [0.1, 0.15) is 18.2 Å². The van der Waals surface area contributed by atoms with Crippen LogP contribution >= 0.6 is 0 Å². The Morgan fingerprint density at radius 2 is 1.96 bits per heavy atom. The first-order valence-electron chi connectivity index (χ1n) is 7.56. The number of aliphatic imine (C=N–C) groups is 1. The molecule has 0 radical (unpaired) electrons. The molecule has 5 heteroatoms. The molecule has 0 aromatic heterocycles. The summed E-state index contributed by atoms with van der Waals surface area (Å²) < 4.78 is 19.2. The monoisotopic (exact) mass is 315 g/mol. The lowest BCUT2D eigenvalue weighted by atomic mass is 10.2. The van der Waals surface area contributed by atoms with Crippen molar-refractivity contribution in [2.45, 2.75) is 13.5 Å². The van der Waals surface area contributed by atoms with Crippen molar-refractivity contribution in [2.24, 2.45) is 4.99 Å². The van der Waals surface area contributed by atoms with Crippen molar-refractivity contribution in [2.75, 3.05) is 20.2 Å². The van der Waals surface area contributed by atoms with Gasteiger partial charge in [0.2, 0.25) is 0 Å². The van der Waals surface area contributed by atoms with Crippen molar-refractivity contribution in [1.82, 2.24) is 10.6 Å². The van der Waals surface area contributed by atoms with Crippen LogP contribution in [-0.2, 0) is 6.54 Å². The van der Waals surface area contributed by atoms with Gasteiger partial charge in [-0.15, -0.1) is 0 Å². The second-order valence-corrected chi connectivity index (χ2v) is 5.11. The van der Waals surface area contributed by atoms with E-state index in [0.717, 1.165) is 11.3 Å². The summed E-state index contributed by atoms with van der Waals surface area (Å²) in [6.45, 7) is 3.53. The normalized spacial score (nSPS) is 11.2. The number of nitrogens with zero attached hydrogens (tertiary/aromatic N) is 1. The van der Waals surface area contributed by atoms with E-state index in [-0.39, 0.29) is 5.82 Å². The second kappa shape index (κ2) is 8.78. The van der Waals surface area contributed by atoms with Crippen LogP contribution in [0.1, 0.15) is 11.1 Å². The van der Waals surface area contributed by atoms with Gasteiger partial charge in [-0.1, -0.05) is 30.3 Å². The third kappa shape index (κ3) is 5.62. The van der Waals surface area contributed by atoms with Gasteiger partial charge in [-0.2, -0.15) is 0 Å². The summed E-state index contributed by atoms with van der Waals surface area (Å²) in [5.74, 6) is 1.24. The van der Waals surface area contributed by atoms with Gasteiger partial charge >= 0.3 is 0 Å². The van der Waals surface area contributed by atoms with E-state index in [1.54, 1.807) is 19.2 Å². The van der Waals surface area contributed by atoms with Crippen LogP contribution in [-0.4, -0.2) is 26.2 Å². The van der Waals surface area contributed by atoms with Gasteiger partial charge < -0.3 is 15.4 Å². The number of nitrogens with one attached hydrogen (secondary N) is 2. The summed E-state index contributed by atoms with van der Waals surface area (Å²) in [6.07, 6.45) is 0. The third-order valence-electron chi connectivity index (χ3n) is 3.28. The van der Waals surface area contributed by atoms with E-state index in [2.05, 4.69) is 15.6 Å². The molecule has 0 unspecified atom stereocenters. The Morgan fingerprint density at radius 1 is 1.13 bits per heavy atom. The van der Waals surface area contributed by atoms with Crippen molar-refractivity contribution in [1.29, 1.82) is 0 Å². The first-order valence-corrected chi connectivity index (χ1v) is 7.56. The number of aryl methyl sites for hydroxylation is 1. The lowest BCUT2D eigenvalue weighted by Gasteiger charge is -2.13. The maximum atomic E-state index is 13.6. The molecule has 0 aliphatic rings. The van der Waals surface area contributed by atoms with E-state index >= 15 is 0 Å². The molecule has 0 saturated carbocycles. The number of guanidine groups is 1. The maximum Gasteiger partial charge on any atom is 0.191 e. The van der Waals surface area contributed by atoms with Crippen LogP contribution in [0.15, 0.2) is 53.5 Å². The molecule has 0 fully saturated rings. The van der Waals surface area contributed by atoms with Crippen molar-refractivity contribution in [3.63, 3.8) is 0 Å². The van der Waals surface area contributed by atoms with Crippen LogP contribution in [0.2, 0.25) is 0 Å². The van der Waals surface area contributed by atoms with E-state index < -0.39 is 0 Å². The Kier molecular flexibility index (Phi) is 6.41. The molecule has 0 saturated heterocycles. The Hall–Kier alpha value is -2.56. The summed E-state index contributed by atoms with van der Waals surface area (Å²) in [4.78, 5) is 4.11. The first kappa shape index (κ1) is 16.8. The Morgan fingerprint density at radius 3 is 2.70 bits per heavy atom. The average Bonchev–Trinajstić information content (AvgIpc) is 2.55. The van der Waals surface area contributed by atoms with Crippen LogP contribution in [0.5, 0.6) is 5.75 Å². The molecule has 0 heterocycles. The Balaban J connectivity index is 1.72. The first-order chi connectivity index (χ1) is 11.2. The van der Waals surface area contributed by atoms with Crippen molar-refractivity contribution < 1.29 is 9.13 Å². The van der Waals surface area contributed by atoms with Crippen molar-refractivity contribution >= 4 is 5.96 Å². The van der Waals surface area contributed by atoms with Crippen LogP contribution in [0.4, 0.5) is 4.39 Å². The molecule has 122 valence electrons. The quantitative estimate of drug-likeness (QED) is 0.489. The highest BCUT2D eigenvalue weighted by Crippen LogP contribution is 2.11. The number of benzene rings is 2. The van der Waals surface area contributed by atoms with Gasteiger partial charge in [-0.25, -0.2) is 4.39 Å². The molecule has 2 N–H and O–H groups in total. The zero-order valence-corrected chi connectivity index (χ0v) is 13.5. The molecular formula is C18H22FN3O. The smallest absolute Gasteiger partial charge is 0.191 e. The van der Waals surface area contributed by atoms with Gasteiger partial charge in [0.05, 0.1) is 6.54 Å². The molecule has 2 aromatic carbocycles. The molecule has 0 bridgehead atoms. The Labute approximate surface area is 136 Å². The minimum absolute atomic E-state index is 0.224. The number of hydrogen-bond donors (Lipinski definition) is 2. The number of rotatable bonds is 6. The van der Waals surface area contributed by atoms with Gasteiger partial charge in [-0.3, -0.25) is 4.99 Å². The molecule has 0 amide bonds. The average molecular weight is 315 g/mol. The van der Waals surface area contributed by atoms with Gasteiger partial charge in [0.15, 0.2) is 5.96 Å². The van der Waals surface area contributed by atoms with Crippen molar-refractivity contribution in [3.05, 3.63) is 65.5 Å². The van der Waals surface area contributed by atoms with E-state index in [9.17, 15) is 4.39 Å². The number of halogens is 1. The van der Waals surface area contributed by atoms with E-state index in [1.165, 1.54) is 6.07 Å². The lowest BCUT2D eigenvalue weighted by Crippen LogP contribution is -2.39. The molecule has 2 aromatic rings. The van der Waals surface area contributed by atoms with Crippen LogP contribution < -0.4 is 15.4 Å². The number of ether oxygens (including phenoxy) is 1. The summed E-state index contributed by atoms with van der Waals surface area (Å²) in [7, 11) is 1.68. The maximum absolute atomic E-state index is 13.6. The molecule has 2 rings (SSSR count). The minimum atomic E-state index is -0.224. The molecule has 0 aliphatic carbocycles. The summed E-state index contributed by atoms with van der Waals surface area (Å²) in [5, 5.41) is 6.21. The zero-order chi connectivity index (χ0) is 16.5. The summed E-state index contributed by atoms with van der Waals surface area (Å²) in [5.41, 5.74) is 1.77. The molecule has 4 nitrogen and oxygen atoms in total. The highest BCUT2D eigenvalue weighted by atomic mass is 19.1. The third-order valence-corrected chi connectivity index (χ3v) is 3.28. The predicted molar refractivity (Wildman–Crippen MR) is 91.3 cm³/mol. The molecule has 0 spiro atoms. The van der Waals surface area contributed by atoms with Crippen LogP contribution in [0, 0.1) is 12.7 Å². The van der Waals surface area contributed by atoms with E-state index in [1.807, 2.05) is 37.3 Å². The molecule has 0 atom stereocenters. The van der Waals surface area contributed by atoms with Gasteiger partial charge in [0.25, 0.3) is 0 Å². The van der Waals surface area contributed by atoms with Crippen LogP contribution in [0.25, 0.3) is 0 Å². The zero-order valence-electron chi connectivity index (χ0n) is 13.5. The minimum Gasteiger partial charge on any atom is -0.492 e. The SMILES string of the molecule is CN=C(NCCOc1cccc(C)c1)NCc1ccccc1F. The highest BCUT2D eigenvalue weighted by Gasteiger charge is 2.02.